The predicted molar refractivity (Wildman–Crippen MR) is 78.3 cm³/mol. The van der Waals surface area contributed by atoms with Gasteiger partial charge < -0.3 is 4.42 Å². The van der Waals surface area contributed by atoms with Crippen molar-refractivity contribution in [3.63, 3.8) is 0 Å². The van der Waals surface area contributed by atoms with Gasteiger partial charge in [-0.2, -0.15) is 0 Å². The van der Waals surface area contributed by atoms with Gasteiger partial charge in [-0.05, 0) is 43.0 Å². The third-order valence-corrected chi connectivity index (χ3v) is 3.79. The van der Waals surface area contributed by atoms with Crippen molar-refractivity contribution in [1.82, 2.24) is 0 Å². The van der Waals surface area contributed by atoms with Crippen molar-refractivity contribution >= 4 is 34.7 Å². The third kappa shape index (κ3) is 2.50. The summed E-state index contributed by atoms with van der Waals surface area (Å²) in [7, 11) is 0. The summed E-state index contributed by atoms with van der Waals surface area (Å²) in [6.45, 7) is 1.78. The van der Waals surface area contributed by atoms with E-state index in [4.69, 9.17) is 4.42 Å². The molecule has 2 aromatic rings. The Kier molecular flexibility index (Phi) is 3.39. The van der Waals surface area contributed by atoms with Gasteiger partial charge in [0.2, 0.25) is 0 Å². The number of imide groups is 1. The zero-order valence-corrected chi connectivity index (χ0v) is 11.8. The van der Waals surface area contributed by atoms with E-state index in [2.05, 4.69) is 0 Å². The first-order chi connectivity index (χ1) is 10.1. The van der Waals surface area contributed by atoms with Crippen LogP contribution in [0.25, 0.3) is 6.08 Å². The fourth-order valence-corrected chi connectivity index (χ4v) is 2.78. The molecule has 1 aliphatic rings. The van der Waals surface area contributed by atoms with Gasteiger partial charge in [0, 0.05) is 6.08 Å². The van der Waals surface area contributed by atoms with E-state index in [0.717, 1.165) is 16.7 Å². The number of aryl methyl sites for hydroxylation is 1. The van der Waals surface area contributed by atoms with Gasteiger partial charge >= 0.3 is 0 Å². The number of benzene rings is 1. The number of anilines is 1. The van der Waals surface area contributed by atoms with Crippen molar-refractivity contribution in [2.45, 2.75) is 6.92 Å². The average molecular weight is 303 g/mol. The third-order valence-electron chi connectivity index (χ3n) is 2.92. The van der Waals surface area contributed by atoms with Crippen LogP contribution in [0.4, 0.5) is 14.9 Å². The maximum absolute atomic E-state index is 13.8. The zero-order valence-electron chi connectivity index (χ0n) is 11.0. The normalized spacial score (nSPS) is 17.0. The Morgan fingerprint density at radius 3 is 2.62 bits per heavy atom. The number of carbonyl (C=O) groups is 2. The molecule has 2 heterocycles. The largest absolute Gasteiger partial charge is 0.462 e. The first kappa shape index (κ1) is 13.6. The fourth-order valence-electron chi connectivity index (χ4n) is 1.97. The van der Waals surface area contributed by atoms with E-state index in [1.807, 2.05) is 0 Å². The molecule has 0 aliphatic carbocycles. The van der Waals surface area contributed by atoms with Crippen LogP contribution in [0, 0.1) is 12.7 Å². The Labute approximate surface area is 124 Å². The Balaban J connectivity index is 1.96. The minimum atomic E-state index is -0.616. The Bertz CT molecular complexity index is 766. The molecule has 0 atom stereocenters. The molecule has 3 rings (SSSR count). The van der Waals surface area contributed by atoms with E-state index >= 15 is 0 Å². The molecular formula is C15H10FNO3S. The topological polar surface area (TPSA) is 50.5 Å². The molecule has 1 aliphatic heterocycles. The van der Waals surface area contributed by atoms with Crippen molar-refractivity contribution in [1.29, 1.82) is 0 Å². The summed E-state index contributed by atoms with van der Waals surface area (Å²) >= 11 is 0.761. The molecular weight excluding hydrogens is 293 g/mol. The molecule has 0 N–H and O–H groups in total. The number of para-hydroxylation sites is 1. The summed E-state index contributed by atoms with van der Waals surface area (Å²) in [6.07, 6.45) is 1.48. The summed E-state index contributed by atoms with van der Waals surface area (Å²) in [4.78, 5) is 25.3. The number of thioether (sulfide) groups is 1. The van der Waals surface area contributed by atoms with Crippen LogP contribution >= 0.6 is 11.8 Å². The maximum Gasteiger partial charge on any atom is 0.298 e. The number of furan rings is 1. The number of hydrogen-bond acceptors (Lipinski definition) is 4. The zero-order chi connectivity index (χ0) is 15.0. The average Bonchev–Trinajstić information content (AvgIpc) is 2.96. The molecule has 6 heteroatoms. The molecule has 4 nitrogen and oxygen atoms in total. The van der Waals surface area contributed by atoms with Crippen molar-refractivity contribution in [2.24, 2.45) is 0 Å². The van der Waals surface area contributed by atoms with E-state index in [-0.39, 0.29) is 10.6 Å². The molecule has 1 aromatic carbocycles. The van der Waals surface area contributed by atoms with Crippen LogP contribution in [0.2, 0.25) is 0 Å². The highest BCUT2D eigenvalue weighted by Crippen LogP contribution is 2.36. The van der Waals surface area contributed by atoms with Crippen LogP contribution in [0.3, 0.4) is 0 Å². The summed E-state index contributed by atoms with van der Waals surface area (Å²) in [5, 5.41) is -0.528. The Morgan fingerprint density at radius 2 is 1.95 bits per heavy atom. The molecule has 0 radical (unpaired) electrons. The minimum absolute atomic E-state index is 0.0426. The number of rotatable bonds is 2. The number of halogens is 1. The lowest BCUT2D eigenvalue weighted by molar-refractivity contribution is -0.113. The minimum Gasteiger partial charge on any atom is -0.462 e. The quantitative estimate of drug-likeness (QED) is 0.788. The van der Waals surface area contributed by atoms with Crippen LogP contribution in [0.15, 0.2) is 45.7 Å². The number of carbonyl (C=O) groups excluding carboxylic acids is 2. The molecule has 1 fully saturated rings. The van der Waals surface area contributed by atoms with Gasteiger partial charge in [-0.1, -0.05) is 12.1 Å². The van der Waals surface area contributed by atoms with E-state index < -0.39 is 17.0 Å². The summed E-state index contributed by atoms with van der Waals surface area (Å²) in [5.41, 5.74) is -0.0426. The lowest BCUT2D eigenvalue weighted by Crippen LogP contribution is -2.28. The van der Waals surface area contributed by atoms with Crippen molar-refractivity contribution < 1.29 is 18.4 Å². The van der Waals surface area contributed by atoms with E-state index in [9.17, 15) is 14.0 Å². The smallest absolute Gasteiger partial charge is 0.298 e. The molecule has 21 heavy (non-hydrogen) atoms. The Hall–Kier alpha value is -2.34. The van der Waals surface area contributed by atoms with E-state index in [1.165, 1.54) is 24.3 Å². The maximum atomic E-state index is 13.8. The van der Waals surface area contributed by atoms with Gasteiger partial charge in [-0.15, -0.1) is 0 Å². The second kappa shape index (κ2) is 5.21. The van der Waals surface area contributed by atoms with Crippen LogP contribution in [0.5, 0.6) is 0 Å². The van der Waals surface area contributed by atoms with Gasteiger partial charge in [0.15, 0.2) is 0 Å². The standard InChI is InChI=1S/C15H10FNO3S/c1-9-6-7-10(20-9)8-13-14(18)17(15(19)21-13)12-5-3-2-4-11(12)16/h2-8H,1H3/b13-8+. The molecule has 1 aromatic heterocycles. The number of nitrogens with zero attached hydrogens (tertiary/aromatic N) is 1. The second-order valence-corrected chi connectivity index (χ2v) is 5.41. The van der Waals surface area contributed by atoms with Gasteiger partial charge in [0.25, 0.3) is 11.1 Å². The molecule has 0 bridgehead atoms. The Morgan fingerprint density at radius 1 is 1.19 bits per heavy atom. The monoisotopic (exact) mass is 303 g/mol. The van der Waals surface area contributed by atoms with E-state index in [0.29, 0.717) is 11.5 Å². The van der Waals surface area contributed by atoms with Crippen molar-refractivity contribution in [3.05, 3.63) is 58.6 Å². The number of amides is 2. The van der Waals surface area contributed by atoms with Crippen molar-refractivity contribution in [3.8, 4) is 0 Å². The van der Waals surface area contributed by atoms with Crippen LogP contribution in [0.1, 0.15) is 11.5 Å². The first-order valence-electron chi connectivity index (χ1n) is 6.15. The SMILES string of the molecule is Cc1ccc(/C=C2/SC(=O)N(c3ccccc3F)C2=O)o1. The number of hydrogen-bond donors (Lipinski definition) is 0. The van der Waals surface area contributed by atoms with Gasteiger partial charge in [0.1, 0.15) is 17.3 Å². The lowest BCUT2D eigenvalue weighted by Gasteiger charge is -2.12. The van der Waals surface area contributed by atoms with Gasteiger partial charge in [-0.25, -0.2) is 9.29 Å². The highest BCUT2D eigenvalue weighted by molar-refractivity contribution is 8.19. The molecule has 0 unspecified atom stereocenters. The van der Waals surface area contributed by atoms with Gasteiger partial charge in [-0.3, -0.25) is 9.59 Å². The van der Waals surface area contributed by atoms with E-state index in [1.54, 1.807) is 25.1 Å². The summed E-state index contributed by atoms with van der Waals surface area (Å²) < 4.78 is 19.1. The van der Waals surface area contributed by atoms with Gasteiger partial charge in [0.05, 0.1) is 10.6 Å². The fraction of sp³-hybridized carbons (Fsp3) is 0.0667. The highest BCUT2D eigenvalue weighted by atomic mass is 32.2. The molecule has 0 spiro atoms. The first-order valence-corrected chi connectivity index (χ1v) is 6.97. The highest BCUT2D eigenvalue weighted by Gasteiger charge is 2.37. The van der Waals surface area contributed by atoms with Crippen molar-refractivity contribution in [2.75, 3.05) is 4.90 Å². The molecule has 2 amide bonds. The summed E-state index contributed by atoms with van der Waals surface area (Å²) in [5.74, 6) is 0.0140. The van der Waals surface area contributed by atoms with Crippen LogP contribution in [-0.2, 0) is 4.79 Å². The molecule has 0 saturated carbocycles. The molecule has 1 saturated heterocycles. The summed E-state index contributed by atoms with van der Waals surface area (Å²) in [6, 6.07) is 9.13. The predicted octanol–water partition coefficient (Wildman–Crippen LogP) is 3.97. The molecule has 106 valence electrons. The second-order valence-electron chi connectivity index (χ2n) is 4.42. The van der Waals surface area contributed by atoms with Crippen LogP contribution in [-0.4, -0.2) is 11.1 Å². The van der Waals surface area contributed by atoms with Crippen LogP contribution < -0.4 is 4.90 Å². The lowest BCUT2D eigenvalue weighted by atomic mass is 10.2.